The molecular weight excluding hydrogens is 402 g/mol. The number of likely N-dealkylation sites (tertiary alicyclic amines) is 1. The summed E-state index contributed by atoms with van der Waals surface area (Å²) in [6.07, 6.45) is 2.38. The summed E-state index contributed by atoms with van der Waals surface area (Å²) in [4.78, 5) is 19.3. The minimum atomic E-state index is -0.596. The quantitative estimate of drug-likeness (QED) is 0.751. The maximum Gasteiger partial charge on any atom is 0.319 e. The molecule has 1 aromatic heterocycles. The number of hydrogen-bond acceptors (Lipinski definition) is 5. The second-order valence-electron chi connectivity index (χ2n) is 7.85. The van der Waals surface area contributed by atoms with Crippen molar-refractivity contribution in [2.75, 3.05) is 25.5 Å². The molecule has 0 aliphatic carbocycles. The minimum absolute atomic E-state index is 0.0618. The minimum Gasteiger partial charge on any atom is -0.495 e. The first-order chi connectivity index (χ1) is 14.3. The lowest BCUT2D eigenvalue weighted by Gasteiger charge is -2.43. The molecule has 0 saturated carbocycles. The molecule has 2 N–H and O–H groups in total. The predicted molar refractivity (Wildman–Crippen MR) is 117 cm³/mol. The lowest BCUT2D eigenvalue weighted by molar-refractivity contribution is 0.106. The Kier molecular flexibility index (Phi) is 6.80. The number of amides is 2. The molecule has 0 bridgehead atoms. The first kappa shape index (κ1) is 21.9. The van der Waals surface area contributed by atoms with Crippen LogP contribution < -0.4 is 15.4 Å². The Morgan fingerprint density at radius 3 is 2.63 bits per heavy atom. The van der Waals surface area contributed by atoms with E-state index in [2.05, 4.69) is 26.6 Å². The molecule has 0 radical (unpaired) electrons. The lowest BCUT2D eigenvalue weighted by Crippen LogP contribution is -2.55. The molecule has 1 fully saturated rings. The molecule has 7 nitrogen and oxygen atoms in total. The molecule has 1 aromatic carbocycles. The van der Waals surface area contributed by atoms with Crippen LogP contribution in [0.3, 0.4) is 0 Å². The number of ether oxygens (including phenoxy) is 1. The van der Waals surface area contributed by atoms with Gasteiger partial charge < -0.3 is 15.4 Å². The van der Waals surface area contributed by atoms with Gasteiger partial charge in [-0.05, 0) is 56.7 Å². The highest BCUT2D eigenvalue weighted by molar-refractivity contribution is 6.30. The van der Waals surface area contributed by atoms with Gasteiger partial charge in [-0.1, -0.05) is 11.6 Å². The van der Waals surface area contributed by atoms with Gasteiger partial charge >= 0.3 is 6.03 Å². The Labute approximate surface area is 182 Å². The summed E-state index contributed by atoms with van der Waals surface area (Å²) in [5, 5.41) is 16.1. The summed E-state index contributed by atoms with van der Waals surface area (Å²) in [6, 6.07) is 12.7. The third kappa shape index (κ3) is 5.21. The number of methoxy groups -OCH3 is 1. The smallest absolute Gasteiger partial charge is 0.319 e. The second-order valence-corrected chi connectivity index (χ2v) is 8.28. The van der Waals surface area contributed by atoms with Crippen molar-refractivity contribution in [2.45, 2.75) is 37.8 Å². The number of nitriles is 1. The van der Waals surface area contributed by atoms with Gasteiger partial charge in [0, 0.05) is 41.5 Å². The van der Waals surface area contributed by atoms with E-state index in [-0.39, 0.29) is 18.0 Å². The van der Waals surface area contributed by atoms with E-state index < -0.39 is 5.54 Å². The number of anilines is 1. The van der Waals surface area contributed by atoms with Gasteiger partial charge in [-0.3, -0.25) is 9.88 Å². The van der Waals surface area contributed by atoms with Crippen molar-refractivity contribution < 1.29 is 9.53 Å². The van der Waals surface area contributed by atoms with Crippen LogP contribution in [-0.2, 0) is 0 Å². The SMILES string of the molecule is COc1ccc([C@@H]2CN(C(C)(C)C#N)CC[C@H]2NC(=O)Nc2ccc(Cl)cc2)nc1. The van der Waals surface area contributed by atoms with E-state index in [1.54, 1.807) is 37.6 Å². The van der Waals surface area contributed by atoms with Crippen LogP contribution in [0.25, 0.3) is 0 Å². The van der Waals surface area contributed by atoms with Gasteiger partial charge in [0.15, 0.2) is 0 Å². The number of nitrogens with zero attached hydrogens (tertiary/aromatic N) is 3. The van der Waals surface area contributed by atoms with E-state index in [1.165, 1.54) is 0 Å². The number of hydrogen-bond donors (Lipinski definition) is 2. The van der Waals surface area contributed by atoms with Crippen LogP contribution in [0.2, 0.25) is 5.02 Å². The van der Waals surface area contributed by atoms with Crippen molar-refractivity contribution in [3.8, 4) is 11.8 Å². The number of rotatable bonds is 5. The van der Waals surface area contributed by atoms with Gasteiger partial charge in [0.1, 0.15) is 11.3 Å². The molecule has 8 heteroatoms. The van der Waals surface area contributed by atoms with Crippen molar-refractivity contribution in [1.82, 2.24) is 15.2 Å². The highest BCUT2D eigenvalue weighted by atomic mass is 35.5. The summed E-state index contributed by atoms with van der Waals surface area (Å²) in [5.41, 5.74) is 0.923. The van der Waals surface area contributed by atoms with Gasteiger partial charge in [-0.15, -0.1) is 0 Å². The van der Waals surface area contributed by atoms with Crippen molar-refractivity contribution in [2.24, 2.45) is 0 Å². The Morgan fingerprint density at radius 1 is 1.30 bits per heavy atom. The third-order valence-electron chi connectivity index (χ3n) is 5.47. The molecule has 0 unspecified atom stereocenters. The van der Waals surface area contributed by atoms with E-state index in [1.807, 2.05) is 26.0 Å². The van der Waals surface area contributed by atoms with E-state index in [0.717, 1.165) is 5.69 Å². The summed E-state index contributed by atoms with van der Waals surface area (Å²) < 4.78 is 5.21. The zero-order valence-electron chi connectivity index (χ0n) is 17.4. The van der Waals surface area contributed by atoms with Gasteiger partial charge in [0.25, 0.3) is 0 Å². The molecular formula is C22H26ClN5O2. The predicted octanol–water partition coefficient (Wildman–Crippen LogP) is 4.03. The number of urea groups is 1. The summed E-state index contributed by atoms with van der Waals surface area (Å²) in [5.74, 6) is 0.613. The van der Waals surface area contributed by atoms with Gasteiger partial charge in [0.2, 0.25) is 0 Å². The van der Waals surface area contributed by atoms with Crippen LogP contribution in [0.5, 0.6) is 5.75 Å². The molecule has 2 atom stereocenters. The van der Waals surface area contributed by atoms with Crippen LogP contribution in [0.1, 0.15) is 31.9 Å². The molecule has 3 rings (SSSR count). The zero-order valence-corrected chi connectivity index (χ0v) is 18.1. The fraction of sp³-hybridized carbons (Fsp3) is 0.409. The Bertz CT molecular complexity index is 909. The van der Waals surface area contributed by atoms with Crippen molar-refractivity contribution in [3.63, 3.8) is 0 Å². The largest absolute Gasteiger partial charge is 0.495 e. The molecule has 2 amide bonds. The molecule has 1 aliphatic rings. The van der Waals surface area contributed by atoms with Crippen molar-refractivity contribution >= 4 is 23.3 Å². The Hall–Kier alpha value is -2.82. The molecule has 2 heterocycles. The molecule has 1 aliphatic heterocycles. The number of piperidine rings is 1. The second kappa shape index (κ2) is 9.33. The fourth-order valence-electron chi connectivity index (χ4n) is 3.60. The number of halogens is 1. The van der Waals surface area contributed by atoms with Gasteiger partial charge in [0.05, 0.1) is 19.4 Å². The first-order valence-electron chi connectivity index (χ1n) is 9.81. The first-order valence-corrected chi connectivity index (χ1v) is 10.2. The summed E-state index contributed by atoms with van der Waals surface area (Å²) in [7, 11) is 1.60. The summed E-state index contributed by atoms with van der Waals surface area (Å²) in [6.45, 7) is 5.14. The molecule has 1 saturated heterocycles. The van der Waals surface area contributed by atoms with E-state index in [9.17, 15) is 10.1 Å². The topological polar surface area (TPSA) is 90.3 Å². The van der Waals surface area contributed by atoms with Crippen molar-refractivity contribution in [3.05, 3.63) is 53.3 Å². The molecule has 2 aromatic rings. The Morgan fingerprint density at radius 2 is 2.03 bits per heavy atom. The van der Waals surface area contributed by atoms with Gasteiger partial charge in [-0.25, -0.2) is 4.79 Å². The van der Waals surface area contributed by atoms with Crippen LogP contribution in [0, 0.1) is 11.3 Å². The zero-order chi connectivity index (χ0) is 21.7. The standard InChI is InChI=1S/C22H26ClN5O2/c1-22(2,14-24)28-11-10-20(18(13-28)19-9-8-17(30-3)12-25-19)27-21(29)26-16-6-4-15(23)5-7-16/h4-9,12,18,20H,10-11,13H2,1-3H3,(H2,26,27,29)/t18-,20+/m0/s1. The maximum absolute atomic E-state index is 12.6. The number of nitrogens with one attached hydrogen (secondary N) is 2. The van der Waals surface area contributed by atoms with Crippen molar-refractivity contribution in [1.29, 1.82) is 5.26 Å². The highest BCUT2D eigenvalue weighted by Gasteiger charge is 2.38. The third-order valence-corrected chi connectivity index (χ3v) is 5.72. The van der Waals surface area contributed by atoms with Gasteiger partial charge in [-0.2, -0.15) is 5.26 Å². The lowest BCUT2D eigenvalue weighted by atomic mass is 9.86. The molecule has 0 spiro atoms. The number of carbonyl (C=O) groups is 1. The fourth-order valence-corrected chi connectivity index (χ4v) is 3.73. The average molecular weight is 428 g/mol. The Balaban J connectivity index is 1.77. The van der Waals surface area contributed by atoms with Crippen LogP contribution >= 0.6 is 11.6 Å². The normalized spacial score (nSPS) is 19.6. The van der Waals surface area contributed by atoms with Crippen LogP contribution in [0.15, 0.2) is 42.6 Å². The molecule has 30 heavy (non-hydrogen) atoms. The molecule has 158 valence electrons. The van der Waals surface area contributed by atoms with E-state index in [0.29, 0.717) is 36.0 Å². The number of aromatic nitrogens is 1. The average Bonchev–Trinajstić information content (AvgIpc) is 2.75. The van der Waals surface area contributed by atoms with E-state index >= 15 is 0 Å². The number of benzene rings is 1. The van der Waals surface area contributed by atoms with Crippen LogP contribution in [-0.4, -0.2) is 47.7 Å². The summed E-state index contributed by atoms with van der Waals surface area (Å²) >= 11 is 5.90. The van der Waals surface area contributed by atoms with Crippen LogP contribution in [0.4, 0.5) is 10.5 Å². The highest BCUT2D eigenvalue weighted by Crippen LogP contribution is 2.31. The number of pyridine rings is 1. The number of carbonyl (C=O) groups excluding carboxylic acids is 1. The maximum atomic E-state index is 12.6. The monoisotopic (exact) mass is 427 g/mol. The van der Waals surface area contributed by atoms with E-state index in [4.69, 9.17) is 16.3 Å².